The first kappa shape index (κ1) is 21.9. The zero-order valence-electron chi connectivity index (χ0n) is 18.4. The second-order valence-corrected chi connectivity index (χ2v) is 11.6. The Hall–Kier alpha value is -1.29. The van der Waals surface area contributed by atoms with Crippen molar-refractivity contribution in [3.63, 3.8) is 0 Å². The number of nitrogens with zero attached hydrogens (tertiary/aromatic N) is 4. The average molecular weight is 438 g/mol. The molecule has 3 heterocycles. The lowest BCUT2D eigenvalue weighted by molar-refractivity contribution is 0.105. The Morgan fingerprint density at radius 2 is 1.83 bits per heavy atom. The zero-order valence-corrected chi connectivity index (χ0v) is 19.2. The van der Waals surface area contributed by atoms with Gasteiger partial charge in [-0.15, -0.1) is 0 Å². The minimum Gasteiger partial charge on any atom is -0.310 e. The molecule has 0 aromatic carbocycles. The summed E-state index contributed by atoms with van der Waals surface area (Å²) in [6, 6.07) is 0.665. The molecular weight excluding hydrogens is 402 g/mol. The van der Waals surface area contributed by atoms with Gasteiger partial charge in [0.15, 0.2) is 0 Å². The van der Waals surface area contributed by atoms with E-state index in [-0.39, 0.29) is 18.0 Å². The Kier molecular flexibility index (Phi) is 6.35. The lowest BCUT2D eigenvalue weighted by Gasteiger charge is -2.41. The lowest BCUT2D eigenvalue weighted by atomic mass is 9.85. The van der Waals surface area contributed by atoms with Crippen LogP contribution >= 0.6 is 0 Å². The third kappa shape index (κ3) is 4.35. The Bertz CT molecular complexity index is 921. The quantitative estimate of drug-likeness (QED) is 0.774. The molecule has 4 rings (SSSR count). The fourth-order valence-corrected chi connectivity index (χ4v) is 6.29. The molecule has 2 aliphatic heterocycles. The molecule has 3 aliphatic rings. The van der Waals surface area contributed by atoms with Crippen molar-refractivity contribution >= 4 is 10.2 Å². The van der Waals surface area contributed by atoms with Crippen LogP contribution in [0.15, 0.2) is 4.79 Å². The summed E-state index contributed by atoms with van der Waals surface area (Å²) in [5, 5.41) is 0. The number of nitrogens with one attached hydrogen (secondary N) is 1. The van der Waals surface area contributed by atoms with Gasteiger partial charge in [0, 0.05) is 52.1 Å². The molecule has 1 N–H and O–H groups in total. The summed E-state index contributed by atoms with van der Waals surface area (Å²) >= 11 is 0. The molecule has 1 aliphatic carbocycles. The number of piperidine rings is 1. The van der Waals surface area contributed by atoms with Crippen LogP contribution in [-0.4, -0.2) is 71.7 Å². The standard InChI is InChI=1S/C21H35N5O3S/c1-15-6-8-17(9-7-15)25-11-4-5-16(13-25)20-22-19-10-12-26(30(28,29)24(2)3)14-18(19)21(27)23-20/h15-17H,4-14H2,1-3H3,(H,22,23,27)/t15?,16-,17?/m1/s1. The molecule has 1 atom stereocenters. The average Bonchev–Trinajstić information content (AvgIpc) is 2.74. The number of hydrogen-bond donors (Lipinski definition) is 1. The van der Waals surface area contributed by atoms with Crippen molar-refractivity contribution in [1.29, 1.82) is 0 Å². The van der Waals surface area contributed by atoms with Gasteiger partial charge < -0.3 is 4.98 Å². The molecule has 8 nitrogen and oxygen atoms in total. The molecule has 0 bridgehead atoms. The highest BCUT2D eigenvalue weighted by atomic mass is 32.2. The minimum absolute atomic E-state index is 0.0928. The Morgan fingerprint density at radius 3 is 2.53 bits per heavy atom. The molecular formula is C21H35N5O3S. The van der Waals surface area contributed by atoms with Crippen molar-refractivity contribution in [2.75, 3.05) is 33.7 Å². The van der Waals surface area contributed by atoms with Gasteiger partial charge in [-0.25, -0.2) is 4.98 Å². The van der Waals surface area contributed by atoms with E-state index in [0.29, 0.717) is 24.6 Å². The van der Waals surface area contributed by atoms with E-state index in [1.54, 1.807) is 0 Å². The van der Waals surface area contributed by atoms with Crippen molar-refractivity contribution in [3.05, 3.63) is 27.4 Å². The molecule has 0 amide bonds. The summed E-state index contributed by atoms with van der Waals surface area (Å²) in [6.45, 7) is 4.90. The van der Waals surface area contributed by atoms with Crippen LogP contribution in [0.5, 0.6) is 0 Å². The topological polar surface area (TPSA) is 89.6 Å². The molecule has 30 heavy (non-hydrogen) atoms. The van der Waals surface area contributed by atoms with Gasteiger partial charge in [-0.2, -0.15) is 17.0 Å². The van der Waals surface area contributed by atoms with E-state index in [1.807, 2.05) is 0 Å². The van der Waals surface area contributed by atoms with Gasteiger partial charge in [-0.1, -0.05) is 6.92 Å². The largest absolute Gasteiger partial charge is 0.310 e. The summed E-state index contributed by atoms with van der Waals surface area (Å²) in [5.41, 5.74) is 1.07. The number of fused-ring (bicyclic) bond motifs is 1. The van der Waals surface area contributed by atoms with E-state index in [1.165, 1.54) is 48.4 Å². The fraction of sp³-hybridized carbons (Fsp3) is 0.810. The zero-order chi connectivity index (χ0) is 21.5. The molecule has 0 radical (unpaired) electrons. The lowest BCUT2D eigenvalue weighted by Crippen LogP contribution is -2.46. The summed E-state index contributed by atoms with van der Waals surface area (Å²) < 4.78 is 27.4. The number of hydrogen-bond acceptors (Lipinski definition) is 5. The molecule has 168 valence electrons. The first-order valence-corrected chi connectivity index (χ1v) is 12.7. The maximum absolute atomic E-state index is 12.8. The number of likely N-dealkylation sites (tertiary alicyclic amines) is 1. The predicted octanol–water partition coefficient (Wildman–Crippen LogP) is 1.69. The van der Waals surface area contributed by atoms with Crippen molar-refractivity contribution in [1.82, 2.24) is 23.5 Å². The highest BCUT2D eigenvalue weighted by Gasteiger charge is 2.33. The van der Waals surface area contributed by atoms with E-state index >= 15 is 0 Å². The van der Waals surface area contributed by atoms with E-state index in [0.717, 1.165) is 43.4 Å². The van der Waals surface area contributed by atoms with Gasteiger partial charge in [0.2, 0.25) is 0 Å². The smallest absolute Gasteiger partial charge is 0.281 e. The van der Waals surface area contributed by atoms with Gasteiger partial charge in [-0.05, 0) is 51.0 Å². The monoisotopic (exact) mass is 437 g/mol. The molecule has 0 spiro atoms. The molecule has 1 aromatic heterocycles. The summed E-state index contributed by atoms with van der Waals surface area (Å²) in [6.07, 6.45) is 7.83. The third-order valence-corrected chi connectivity index (χ3v) is 9.07. The number of aromatic nitrogens is 2. The summed E-state index contributed by atoms with van der Waals surface area (Å²) in [7, 11) is -0.510. The third-order valence-electron chi connectivity index (χ3n) is 7.18. The number of aromatic amines is 1. The Balaban J connectivity index is 1.50. The maximum Gasteiger partial charge on any atom is 0.281 e. The van der Waals surface area contributed by atoms with Crippen LogP contribution in [0.3, 0.4) is 0 Å². The van der Waals surface area contributed by atoms with Gasteiger partial charge in [0.1, 0.15) is 5.82 Å². The normalized spacial score (nSPS) is 29.1. The van der Waals surface area contributed by atoms with Crippen molar-refractivity contribution in [2.24, 2.45) is 5.92 Å². The van der Waals surface area contributed by atoms with E-state index < -0.39 is 10.2 Å². The van der Waals surface area contributed by atoms with Crippen LogP contribution in [0.1, 0.15) is 68.4 Å². The van der Waals surface area contributed by atoms with E-state index in [2.05, 4.69) is 16.8 Å². The van der Waals surface area contributed by atoms with Crippen LogP contribution in [0.4, 0.5) is 0 Å². The minimum atomic E-state index is -3.53. The van der Waals surface area contributed by atoms with Crippen LogP contribution in [0.25, 0.3) is 0 Å². The second kappa shape index (κ2) is 8.68. The van der Waals surface area contributed by atoms with Gasteiger partial charge in [0.05, 0.1) is 11.3 Å². The van der Waals surface area contributed by atoms with Crippen LogP contribution in [0.2, 0.25) is 0 Å². The van der Waals surface area contributed by atoms with E-state index in [4.69, 9.17) is 4.98 Å². The maximum atomic E-state index is 12.8. The molecule has 2 fully saturated rings. The van der Waals surface area contributed by atoms with Crippen LogP contribution < -0.4 is 5.56 Å². The fourth-order valence-electron chi connectivity index (χ4n) is 5.21. The molecule has 1 aromatic rings. The highest BCUT2D eigenvalue weighted by Crippen LogP contribution is 2.32. The SMILES string of the molecule is CC1CCC(N2CCC[C@@H](c3nc4c(c(=O)[nH]3)CN(S(=O)(=O)N(C)C)CC4)C2)CC1. The van der Waals surface area contributed by atoms with Crippen molar-refractivity contribution < 1.29 is 8.42 Å². The van der Waals surface area contributed by atoms with Crippen LogP contribution in [-0.2, 0) is 23.2 Å². The first-order valence-electron chi connectivity index (χ1n) is 11.3. The summed E-state index contributed by atoms with van der Waals surface area (Å²) in [4.78, 5) is 23.3. The highest BCUT2D eigenvalue weighted by molar-refractivity contribution is 7.86. The molecule has 1 saturated heterocycles. The molecule has 0 unspecified atom stereocenters. The second-order valence-electron chi connectivity index (χ2n) is 9.50. The van der Waals surface area contributed by atoms with E-state index in [9.17, 15) is 13.2 Å². The molecule has 9 heteroatoms. The van der Waals surface area contributed by atoms with Crippen molar-refractivity contribution in [3.8, 4) is 0 Å². The predicted molar refractivity (Wildman–Crippen MR) is 117 cm³/mol. The van der Waals surface area contributed by atoms with Gasteiger partial charge in [0.25, 0.3) is 15.8 Å². The van der Waals surface area contributed by atoms with Crippen LogP contribution in [0, 0.1) is 5.92 Å². The Morgan fingerprint density at radius 1 is 1.10 bits per heavy atom. The molecule has 1 saturated carbocycles. The number of H-pyrrole nitrogens is 1. The van der Waals surface area contributed by atoms with Gasteiger partial charge >= 0.3 is 0 Å². The Labute approximate surface area is 179 Å². The van der Waals surface area contributed by atoms with Gasteiger partial charge in [-0.3, -0.25) is 9.69 Å². The summed E-state index contributed by atoms with van der Waals surface area (Å²) in [5.74, 6) is 1.88. The van der Waals surface area contributed by atoms with Crippen molar-refractivity contribution in [2.45, 2.75) is 70.4 Å². The number of rotatable bonds is 4. The first-order chi connectivity index (χ1) is 14.3.